The number of aryl methyl sites for hydroxylation is 1. The summed E-state index contributed by atoms with van der Waals surface area (Å²) in [6.07, 6.45) is 3.73. The second-order valence-corrected chi connectivity index (χ2v) is 7.39. The number of nitrogens with two attached hydrogens (primary N) is 1. The van der Waals surface area contributed by atoms with E-state index in [0.717, 1.165) is 22.4 Å². The Bertz CT molecular complexity index is 1150. The van der Waals surface area contributed by atoms with E-state index in [4.69, 9.17) is 17.3 Å². The first-order valence-electron chi connectivity index (χ1n) is 9.16. The lowest BCUT2D eigenvalue weighted by Crippen LogP contribution is -2.37. The minimum atomic E-state index is -0.111. The standard InChI is InChI=1S/C22H18ClN5O/c1-13-4-5-15(18(23)9-13)20-16(10-24)21(25)27-19-6-8-28(12-17(19)20)22(29)14-3-2-7-26-11-14/h2-5,7,9,11H,6,8,12H2,1H3,(H2,25,27). The number of carbonyl (C=O) groups is 1. The SMILES string of the molecule is Cc1ccc(-c2c(C#N)c(N)nc3c2CN(C(=O)c2cccnc2)CC3)c(Cl)c1. The van der Waals surface area contributed by atoms with Crippen LogP contribution >= 0.6 is 11.6 Å². The monoisotopic (exact) mass is 403 g/mol. The van der Waals surface area contributed by atoms with Crippen LogP contribution in [0, 0.1) is 18.3 Å². The van der Waals surface area contributed by atoms with Crippen molar-refractivity contribution in [2.24, 2.45) is 0 Å². The topological polar surface area (TPSA) is 95.9 Å². The second kappa shape index (κ2) is 7.53. The van der Waals surface area contributed by atoms with Crippen molar-refractivity contribution in [3.63, 3.8) is 0 Å². The van der Waals surface area contributed by atoms with Crippen LogP contribution in [0.5, 0.6) is 0 Å². The number of hydrogen-bond donors (Lipinski definition) is 1. The molecule has 4 rings (SSSR count). The summed E-state index contributed by atoms with van der Waals surface area (Å²) in [5.41, 5.74) is 10.9. The largest absolute Gasteiger partial charge is 0.383 e. The number of aromatic nitrogens is 2. The van der Waals surface area contributed by atoms with Crippen LogP contribution in [0.25, 0.3) is 11.1 Å². The van der Waals surface area contributed by atoms with Crippen LogP contribution in [0.2, 0.25) is 5.02 Å². The molecule has 29 heavy (non-hydrogen) atoms. The highest BCUT2D eigenvalue weighted by Gasteiger charge is 2.28. The molecule has 1 aliphatic heterocycles. The predicted molar refractivity (Wildman–Crippen MR) is 111 cm³/mol. The summed E-state index contributed by atoms with van der Waals surface area (Å²) in [7, 11) is 0. The number of rotatable bonds is 2. The maximum absolute atomic E-state index is 12.9. The third-order valence-corrected chi connectivity index (χ3v) is 5.39. The Morgan fingerprint density at radius 3 is 2.86 bits per heavy atom. The van der Waals surface area contributed by atoms with Crippen LogP contribution in [0.3, 0.4) is 0 Å². The molecule has 2 N–H and O–H groups in total. The van der Waals surface area contributed by atoms with Crippen LogP contribution in [0.4, 0.5) is 5.82 Å². The van der Waals surface area contributed by atoms with Crippen molar-refractivity contribution in [3.8, 4) is 17.2 Å². The van der Waals surface area contributed by atoms with Crippen LogP contribution in [-0.2, 0) is 13.0 Å². The molecule has 144 valence electrons. The van der Waals surface area contributed by atoms with Gasteiger partial charge in [-0.1, -0.05) is 23.7 Å². The number of fused-ring (bicyclic) bond motifs is 1. The van der Waals surface area contributed by atoms with Crippen LogP contribution < -0.4 is 5.73 Å². The highest BCUT2D eigenvalue weighted by Crippen LogP contribution is 2.38. The van der Waals surface area contributed by atoms with Gasteiger partial charge in [-0.05, 0) is 30.7 Å². The van der Waals surface area contributed by atoms with Crippen molar-refractivity contribution in [2.45, 2.75) is 19.9 Å². The zero-order valence-corrected chi connectivity index (χ0v) is 16.6. The van der Waals surface area contributed by atoms with E-state index in [9.17, 15) is 10.1 Å². The molecule has 1 aromatic carbocycles. The van der Waals surface area contributed by atoms with E-state index >= 15 is 0 Å². The van der Waals surface area contributed by atoms with Crippen molar-refractivity contribution >= 4 is 23.3 Å². The summed E-state index contributed by atoms with van der Waals surface area (Å²) < 4.78 is 0. The summed E-state index contributed by atoms with van der Waals surface area (Å²) in [6.45, 7) is 2.79. The van der Waals surface area contributed by atoms with Crippen LogP contribution in [0.1, 0.15) is 32.7 Å². The number of nitrogens with zero attached hydrogens (tertiary/aromatic N) is 4. The Morgan fingerprint density at radius 1 is 1.34 bits per heavy atom. The maximum Gasteiger partial charge on any atom is 0.255 e. The molecule has 2 aromatic heterocycles. The minimum Gasteiger partial charge on any atom is -0.383 e. The molecule has 6 nitrogen and oxygen atoms in total. The van der Waals surface area contributed by atoms with Crippen molar-refractivity contribution in [2.75, 3.05) is 12.3 Å². The van der Waals surface area contributed by atoms with Gasteiger partial charge in [0.2, 0.25) is 0 Å². The third kappa shape index (κ3) is 3.41. The fourth-order valence-electron chi connectivity index (χ4n) is 3.66. The molecule has 0 atom stereocenters. The molecule has 0 unspecified atom stereocenters. The number of nitrogen functional groups attached to an aromatic ring is 1. The number of anilines is 1. The number of carbonyl (C=O) groups excluding carboxylic acids is 1. The molecular formula is C22H18ClN5O. The van der Waals surface area contributed by atoms with E-state index in [2.05, 4.69) is 16.0 Å². The number of amides is 1. The van der Waals surface area contributed by atoms with Crippen molar-refractivity contribution < 1.29 is 4.79 Å². The number of pyridine rings is 2. The molecular weight excluding hydrogens is 386 g/mol. The third-order valence-electron chi connectivity index (χ3n) is 5.08. The average Bonchev–Trinajstić information content (AvgIpc) is 2.73. The highest BCUT2D eigenvalue weighted by atomic mass is 35.5. The predicted octanol–water partition coefficient (Wildman–Crippen LogP) is 3.76. The lowest BCUT2D eigenvalue weighted by atomic mass is 9.90. The summed E-state index contributed by atoms with van der Waals surface area (Å²) in [6, 6.07) is 11.3. The van der Waals surface area contributed by atoms with Gasteiger partial charge in [-0.25, -0.2) is 4.98 Å². The Hall–Kier alpha value is -3.43. The molecule has 0 fully saturated rings. The van der Waals surface area contributed by atoms with E-state index in [1.54, 1.807) is 29.4 Å². The second-order valence-electron chi connectivity index (χ2n) is 6.99. The number of nitriles is 1. The van der Waals surface area contributed by atoms with Gasteiger partial charge in [0.1, 0.15) is 17.5 Å². The van der Waals surface area contributed by atoms with Gasteiger partial charge in [0.15, 0.2) is 0 Å². The first-order valence-corrected chi connectivity index (χ1v) is 9.54. The molecule has 0 aliphatic carbocycles. The molecule has 0 spiro atoms. The van der Waals surface area contributed by atoms with Gasteiger partial charge in [-0.2, -0.15) is 5.26 Å². The lowest BCUT2D eigenvalue weighted by molar-refractivity contribution is 0.0733. The number of halogens is 1. The molecule has 7 heteroatoms. The smallest absolute Gasteiger partial charge is 0.255 e. The zero-order valence-electron chi connectivity index (χ0n) is 15.8. The van der Waals surface area contributed by atoms with Gasteiger partial charge in [0.05, 0.1) is 11.3 Å². The van der Waals surface area contributed by atoms with E-state index < -0.39 is 0 Å². The normalized spacial score (nSPS) is 12.9. The quantitative estimate of drug-likeness (QED) is 0.702. The molecule has 0 radical (unpaired) electrons. The summed E-state index contributed by atoms with van der Waals surface area (Å²) in [5, 5.41) is 10.3. The van der Waals surface area contributed by atoms with E-state index in [-0.39, 0.29) is 17.3 Å². The van der Waals surface area contributed by atoms with Gasteiger partial charge in [-0.3, -0.25) is 9.78 Å². The van der Waals surface area contributed by atoms with E-state index in [1.807, 2.05) is 25.1 Å². The van der Waals surface area contributed by atoms with Gasteiger partial charge < -0.3 is 10.6 Å². The fraction of sp³-hybridized carbons (Fsp3) is 0.182. The molecule has 3 aromatic rings. The minimum absolute atomic E-state index is 0.111. The van der Waals surface area contributed by atoms with Gasteiger partial charge in [0, 0.05) is 53.6 Å². The van der Waals surface area contributed by atoms with Crippen molar-refractivity contribution in [3.05, 3.63) is 75.7 Å². The average molecular weight is 404 g/mol. The van der Waals surface area contributed by atoms with Gasteiger partial charge in [-0.15, -0.1) is 0 Å². The zero-order chi connectivity index (χ0) is 20.5. The number of hydrogen-bond acceptors (Lipinski definition) is 5. The lowest BCUT2D eigenvalue weighted by Gasteiger charge is -2.30. The van der Waals surface area contributed by atoms with Gasteiger partial charge in [0.25, 0.3) is 5.91 Å². The summed E-state index contributed by atoms with van der Waals surface area (Å²) >= 11 is 6.52. The molecule has 0 bridgehead atoms. The van der Waals surface area contributed by atoms with Crippen LogP contribution in [-0.4, -0.2) is 27.3 Å². The van der Waals surface area contributed by atoms with Crippen LogP contribution in [0.15, 0.2) is 42.7 Å². The highest BCUT2D eigenvalue weighted by molar-refractivity contribution is 6.33. The summed E-state index contributed by atoms with van der Waals surface area (Å²) in [5.74, 6) is 0.0740. The molecule has 0 saturated heterocycles. The Morgan fingerprint density at radius 2 is 2.17 bits per heavy atom. The fourth-order valence-corrected chi connectivity index (χ4v) is 3.99. The maximum atomic E-state index is 12.9. The first-order chi connectivity index (χ1) is 14.0. The molecule has 1 amide bonds. The molecule has 3 heterocycles. The Labute approximate surface area is 173 Å². The van der Waals surface area contributed by atoms with E-state index in [1.165, 1.54) is 0 Å². The van der Waals surface area contributed by atoms with Gasteiger partial charge >= 0.3 is 0 Å². The Kier molecular flexibility index (Phi) is 4.91. The van der Waals surface area contributed by atoms with E-state index in [0.29, 0.717) is 35.7 Å². The van der Waals surface area contributed by atoms with Crippen molar-refractivity contribution in [1.29, 1.82) is 5.26 Å². The van der Waals surface area contributed by atoms with Crippen molar-refractivity contribution in [1.82, 2.24) is 14.9 Å². The molecule has 0 saturated carbocycles. The Balaban J connectivity index is 1.85. The summed E-state index contributed by atoms with van der Waals surface area (Å²) in [4.78, 5) is 23.2. The first kappa shape index (κ1) is 18.9. The number of benzene rings is 1. The molecule has 1 aliphatic rings.